The lowest BCUT2D eigenvalue weighted by atomic mass is 10.1. The Labute approximate surface area is 158 Å². The molecule has 2 atom stereocenters. The number of anilines is 2. The Balaban J connectivity index is 1.78. The summed E-state index contributed by atoms with van der Waals surface area (Å²) in [6, 6.07) is -0.760. The zero-order chi connectivity index (χ0) is 19.9. The molecule has 0 bridgehead atoms. The molecule has 0 radical (unpaired) electrons. The minimum atomic E-state index is -4.54. The van der Waals surface area contributed by atoms with E-state index in [0.717, 1.165) is 4.57 Å². The molecule has 11 heteroatoms. The van der Waals surface area contributed by atoms with Gasteiger partial charge in [0, 0.05) is 19.2 Å². The van der Waals surface area contributed by atoms with E-state index in [0.29, 0.717) is 31.5 Å². The first-order valence-corrected chi connectivity index (χ1v) is 9.02. The summed E-state index contributed by atoms with van der Waals surface area (Å²) in [5, 5.41) is 0. The molecule has 0 spiro atoms. The van der Waals surface area contributed by atoms with E-state index in [9.17, 15) is 18.0 Å². The van der Waals surface area contributed by atoms with Gasteiger partial charge >= 0.3 is 6.18 Å². The van der Waals surface area contributed by atoms with E-state index in [-0.39, 0.29) is 31.5 Å². The van der Waals surface area contributed by atoms with Gasteiger partial charge in [-0.2, -0.15) is 18.2 Å². The number of fused-ring (bicyclic) bond motifs is 1. The predicted molar refractivity (Wildman–Crippen MR) is 93.4 cm³/mol. The number of oxazole rings is 1. The summed E-state index contributed by atoms with van der Waals surface area (Å²) in [6.07, 6.45) is -1.93. The molecular weight excluding hydrogens is 379 g/mol. The van der Waals surface area contributed by atoms with Crippen LogP contribution in [0.5, 0.6) is 0 Å². The molecule has 0 saturated carbocycles. The zero-order valence-electron chi connectivity index (χ0n) is 15.2. The Bertz CT molecular complexity index is 883. The van der Waals surface area contributed by atoms with Crippen LogP contribution in [0.1, 0.15) is 25.3 Å². The second-order valence-electron chi connectivity index (χ2n) is 6.93. The molecule has 0 N–H and O–H groups in total. The fourth-order valence-corrected chi connectivity index (χ4v) is 3.66. The van der Waals surface area contributed by atoms with Crippen molar-refractivity contribution >= 4 is 11.8 Å². The molecule has 0 amide bonds. The number of ether oxygens (including phenoxy) is 1. The molecule has 0 aliphatic carbocycles. The summed E-state index contributed by atoms with van der Waals surface area (Å²) in [5.41, 5.74) is -0.724. The Kier molecular flexibility index (Phi) is 4.77. The Morgan fingerprint density at radius 3 is 2.82 bits per heavy atom. The monoisotopic (exact) mass is 399 g/mol. The maximum atomic E-state index is 13.6. The quantitative estimate of drug-likeness (QED) is 0.781. The van der Waals surface area contributed by atoms with Crippen molar-refractivity contribution in [1.82, 2.24) is 14.5 Å². The van der Waals surface area contributed by atoms with Gasteiger partial charge in [0.1, 0.15) is 18.1 Å². The maximum Gasteiger partial charge on any atom is 0.409 e. The number of aromatic nitrogens is 3. The SMILES string of the molecule is CC1COCCN1c1cc(=O)n2c(n1)N(Cc1ncco1)CCC2C(F)(F)F. The van der Waals surface area contributed by atoms with Gasteiger partial charge in [-0.25, -0.2) is 4.98 Å². The third-order valence-corrected chi connectivity index (χ3v) is 5.04. The van der Waals surface area contributed by atoms with E-state index in [1.165, 1.54) is 18.5 Å². The third-order valence-electron chi connectivity index (χ3n) is 5.04. The summed E-state index contributed by atoms with van der Waals surface area (Å²) in [4.78, 5) is 24.7. The lowest BCUT2D eigenvalue weighted by Crippen LogP contribution is -2.48. The second-order valence-corrected chi connectivity index (χ2v) is 6.93. The van der Waals surface area contributed by atoms with Crippen LogP contribution in [0.2, 0.25) is 0 Å². The first-order valence-electron chi connectivity index (χ1n) is 9.02. The highest BCUT2D eigenvalue weighted by molar-refractivity contribution is 5.47. The molecular formula is C17H20F3N5O3. The second kappa shape index (κ2) is 7.12. The van der Waals surface area contributed by atoms with E-state index in [1.807, 2.05) is 11.8 Å². The number of nitrogens with zero attached hydrogens (tertiary/aromatic N) is 5. The molecule has 2 aliphatic rings. The fraction of sp³-hybridized carbons (Fsp3) is 0.588. The van der Waals surface area contributed by atoms with Gasteiger partial charge in [0.25, 0.3) is 5.56 Å². The first kappa shape index (κ1) is 18.8. The van der Waals surface area contributed by atoms with Gasteiger partial charge in [0.2, 0.25) is 11.8 Å². The number of morpholine rings is 1. The molecule has 1 fully saturated rings. The summed E-state index contributed by atoms with van der Waals surface area (Å²) >= 11 is 0. The number of hydrogen-bond donors (Lipinski definition) is 0. The lowest BCUT2D eigenvalue weighted by Gasteiger charge is -2.38. The molecule has 152 valence electrons. The van der Waals surface area contributed by atoms with Crippen molar-refractivity contribution in [2.75, 3.05) is 36.1 Å². The van der Waals surface area contributed by atoms with Gasteiger partial charge < -0.3 is 19.0 Å². The topological polar surface area (TPSA) is 76.6 Å². The van der Waals surface area contributed by atoms with Crippen LogP contribution in [0.4, 0.5) is 24.9 Å². The molecule has 2 aromatic rings. The van der Waals surface area contributed by atoms with E-state index >= 15 is 0 Å². The smallest absolute Gasteiger partial charge is 0.409 e. The van der Waals surface area contributed by atoms with Crippen molar-refractivity contribution in [2.24, 2.45) is 0 Å². The number of halogens is 3. The molecule has 8 nitrogen and oxygen atoms in total. The summed E-state index contributed by atoms with van der Waals surface area (Å²) in [7, 11) is 0. The molecule has 4 rings (SSSR count). The summed E-state index contributed by atoms with van der Waals surface area (Å²) in [6.45, 7) is 3.58. The van der Waals surface area contributed by atoms with Crippen molar-refractivity contribution < 1.29 is 22.3 Å². The fourth-order valence-electron chi connectivity index (χ4n) is 3.66. The van der Waals surface area contributed by atoms with Gasteiger partial charge in [-0.05, 0) is 13.3 Å². The van der Waals surface area contributed by atoms with Crippen LogP contribution in [0.25, 0.3) is 0 Å². The first-order chi connectivity index (χ1) is 13.3. The van der Waals surface area contributed by atoms with Gasteiger partial charge in [-0.1, -0.05) is 0 Å². The molecule has 0 aromatic carbocycles. The standard InChI is InChI=1S/C17H20F3N5O3/c1-11-10-27-7-5-24(11)13-8-15(26)25-12(17(18,19)20)2-4-23(16(25)22-13)9-14-21-3-6-28-14/h3,6,8,11-12H,2,4-5,7,9-10H2,1H3. The zero-order valence-corrected chi connectivity index (χ0v) is 15.2. The molecule has 2 aliphatic heterocycles. The molecule has 2 unspecified atom stereocenters. The summed E-state index contributed by atoms with van der Waals surface area (Å²) in [5.74, 6) is 0.677. The van der Waals surface area contributed by atoms with Crippen molar-refractivity contribution in [3.05, 3.63) is 34.8 Å². The van der Waals surface area contributed by atoms with Crippen LogP contribution in [0, 0.1) is 0 Å². The van der Waals surface area contributed by atoms with Gasteiger partial charge in [-0.15, -0.1) is 0 Å². The van der Waals surface area contributed by atoms with Crippen LogP contribution in [0.3, 0.4) is 0 Å². The molecule has 28 heavy (non-hydrogen) atoms. The van der Waals surface area contributed by atoms with Crippen molar-refractivity contribution in [1.29, 1.82) is 0 Å². The number of alkyl halides is 3. The van der Waals surface area contributed by atoms with Crippen LogP contribution < -0.4 is 15.4 Å². The Hall–Kier alpha value is -2.56. The Morgan fingerprint density at radius 2 is 2.14 bits per heavy atom. The van der Waals surface area contributed by atoms with Gasteiger partial charge in [0.15, 0.2) is 0 Å². The van der Waals surface area contributed by atoms with Crippen LogP contribution in [-0.2, 0) is 11.3 Å². The van der Waals surface area contributed by atoms with E-state index in [4.69, 9.17) is 9.15 Å². The highest BCUT2D eigenvalue weighted by Gasteiger charge is 2.45. The number of rotatable bonds is 3. The predicted octanol–water partition coefficient (Wildman–Crippen LogP) is 1.97. The molecule has 4 heterocycles. The average molecular weight is 399 g/mol. The summed E-state index contributed by atoms with van der Waals surface area (Å²) < 4.78 is 52.0. The van der Waals surface area contributed by atoms with Gasteiger partial charge in [-0.3, -0.25) is 9.36 Å². The van der Waals surface area contributed by atoms with E-state index < -0.39 is 17.8 Å². The van der Waals surface area contributed by atoms with Crippen molar-refractivity contribution in [2.45, 2.75) is 38.1 Å². The minimum Gasteiger partial charge on any atom is -0.447 e. The lowest BCUT2D eigenvalue weighted by molar-refractivity contribution is -0.171. The van der Waals surface area contributed by atoms with Crippen LogP contribution in [-0.4, -0.2) is 53.1 Å². The Morgan fingerprint density at radius 1 is 1.32 bits per heavy atom. The van der Waals surface area contributed by atoms with Crippen molar-refractivity contribution in [3.63, 3.8) is 0 Å². The third kappa shape index (κ3) is 3.46. The normalized spacial score (nSPS) is 23.0. The van der Waals surface area contributed by atoms with E-state index in [2.05, 4.69) is 9.97 Å². The maximum absolute atomic E-state index is 13.6. The van der Waals surface area contributed by atoms with Crippen molar-refractivity contribution in [3.8, 4) is 0 Å². The molecule has 2 aromatic heterocycles. The highest BCUT2D eigenvalue weighted by Crippen LogP contribution is 2.38. The largest absolute Gasteiger partial charge is 0.447 e. The average Bonchev–Trinajstić information content (AvgIpc) is 3.14. The minimum absolute atomic E-state index is 0.0204. The van der Waals surface area contributed by atoms with E-state index in [1.54, 1.807) is 4.90 Å². The van der Waals surface area contributed by atoms with Gasteiger partial charge in [0.05, 0.1) is 32.0 Å². The molecule has 1 saturated heterocycles. The highest BCUT2D eigenvalue weighted by atomic mass is 19.4. The van der Waals surface area contributed by atoms with Crippen LogP contribution >= 0.6 is 0 Å². The van der Waals surface area contributed by atoms with Crippen LogP contribution in [0.15, 0.2) is 27.7 Å². The number of hydrogen-bond acceptors (Lipinski definition) is 7.